The summed E-state index contributed by atoms with van der Waals surface area (Å²) in [6.45, 7) is 18.0. The number of fused-ring (bicyclic) bond motifs is 1. The molecular weight excluding hydrogens is 220 g/mol. The highest BCUT2D eigenvalue weighted by atomic mass is 16.5. The summed E-state index contributed by atoms with van der Waals surface area (Å²) in [5, 5.41) is 0. The van der Waals surface area contributed by atoms with Crippen molar-refractivity contribution >= 4 is 0 Å². The van der Waals surface area contributed by atoms with Crippen molar-refractivity contribution < 1.29 is 4.74 Å². The number of ether oxygens (including phenoxy) is 1. The molecular formula is C17H26O. The van der Waals surface area contributed by atoms with Gasteiger partial charge in [-0.25, -0.2) is 0 Å². The zero-order valence-corrected chi connectivity index (χ0v) is 13.1. The lowest BCUT2D eigenvalue weighted by molar-refractivity contribution is 0.0459. The molecule has 2 atom stereocenters. The molecule has 1 aromatic rings. The van der Waals surface area contributed by atoms with E-state index in [4.69, 9.17) is 4.74 Å². The van der Waals surface area contributed by atoms with Crippen molar-refractivity contribution in [2.45, 2.75) is 67.4 Å². The smallest absolute Gasteiger partial charge is 0.126 e. The maximum atomic E-state index is 6.26. The number of hydrogen-bond acceptors (Lipinski definition) is 1. The van der Waals surface area contributed by atoms with E-state index in [1.807, 2.05) is 0 Å². The Morgan fingerprint density at radius 3 is 1.89 bits per heavy atom. The summed E-state index contributed by atoms with van der Waals surface area (Å²) in [7, 11) is 0. The van der Waals surface area contributed by atoms with Crippen LogP contribution in [0.2, 0.25) is 0 Å². The van der Waals surface area contributed by atoms with Crippen molar-refractivity contribution in [1.82, 2.24) is 0 Å². The van der Waals surface area contributed by atoms with Crippen LogP contribution >= 0.6 is 0 Å². The lowest BCUT2D eigenvalue weighted by atomic mass is 9.68. The third-order valence-electron chi connectivity index (χ3n) is 5.57. The highest BCUT2D eigenvalue weighted by Crippen LogP contribution is 2.51. The van der Waals surface area contributed by atoms with Gasteiger partial charge in [0.2, 0.25) is 0 Å². The molecule has 0 aromatic heterocycles. The van der Waals surface area contributed by atoms with Gasteiger partial charge in [0, 0.05) is 11.0 Å². The summed E-state index contributed by atoms with van der Waals surface area (Å²) < 4.78 is 6.26. The van der Waals surface area contributed by atoms with Crippen LogP contribution < -0.4 is 4.74 Å². The Hall–Kier alpha value is -0.980. The standard InChI is InChI=1S/C17H26O/c1-9-10(2)12(4)16-15(11(9)3)13(5)17(7,8)14(6)18-16/h13-14H,1-8H3. The van der Waals surface area contributed by atoms with Gasteiger partial charge in [-0.05, 0) is 62.8 Å². The molecule has 2 unspecified atom stereocenters. The average molecular weight is 246 g/mol. The van der Waals surface area contributed by atoms with E-state index < -0.39 is 0 Å². The molecule has 0 radical (unpaired) electrons. The third-order valence-corrected chi connectivity index (χ3v) is 5.57. The monoisotopic (exact) mass is 246 g/mol. The summed E-state index contributed by atoms with van der Waals surface area (Å²) in [4.78, 5) is 0. The van der Waals surface area contributed by atoms with Crippen LogP contribution in [0.4, 0.5) is 0 Å². The largest absolute Gasteiger partial charge is 0.490 e. The third kappa shape index (κ3) is 1.60. The van der Waals surface area contributed by atoms with Crippen molar-refractivity contribution in [3.05, 3.63) is 27.8 Å². The van der Waals surface area contributed by atoms with Crippen molar-refractivity contribution in [2.75, 3.05) is 0 Å². The predicted octanol–water partition coefficient (Wildman–Crippen LogP) is 4.83. The molecule has 1 nitrogen and oxygen atoms in total. The molecule has 0 amide bonds. The zero-order valence-electron chi connectivity index (χ0n) is 13.1. The Labute approximate surface area is 112 Å². The Morgan fingerprint density at radius 1 is 0.833 bits per heavy atom. The topological polar surface area (TPSA) is 9.23 Å². The van der Waals surface area contributed by atoms with E-state index in [2.05, 4.69) is 55.4 Å². The van der Waals surface area contributed by atoms with Gasteiger partial charge in [-0.2, -0.15) is 0 Å². The Morgan fingerprint density at radius 2 is 1.33 bits per heavy atom. The first-order valence-electron chi connectivity index (χ1n) is 6.96. The first-order chi connectivity index (χ1) is 8.19. The van der Waals surface area contributed by atoms with Gasteiger partial charge in [-0.1, -0.05) is 20.8 Å². The fourth-order valence-corrected chi connectivity index (χ4v) is 3.03. The van der Waals surface area contributed by atoms with E-state index in [0.29, 0.717) is 5.92 Å². The van der Waals surface area contributed by atoms with Crippen molar-refractivity contribution in [2.24, 2.45) is 5.41 Å². The molecule has 0 bridgehead atoms. The lowest BCUT2D eigenvalue weighted by Crippen LogP contribution is -2.41. The van der Waals surface area contributed by atoms with Crippen LogP contribution in [0.1, 0.15) is 61.4 Å². The Balaban J connectivity index is 2.76. The van der Waals surface area contributed by atoms with Gasteiger partial charge in [0.25, 0.3) is 0 Å². The molecule has 18 heavy (non-hydrogen) atoms. The summed E-state index contributed by atoms with van der Waals surface area (Å²) in [5.41, 5.74) is 7.16. The van der Waals surface area contributed by atoms with E-state index in [9.17, 15) is 0 Å². The second kappa shape index (κ2) is 4.01. The zero-order chi connectivity index (χ0) is 13.8. The Kier molecular flexibility index (Phi) is 3.00. The van der Waals surface area contributed by atoms with Gasteiger partial charge >= 0.3 is 0 Å². The number of rotatable bonds is 0. The quantitative estimate of drug-likeness (QED) is 0.637. The fraction of sp³-hybridized carbons (Fsp3) is 0.647. The molecule has 1 aromatic carbocycles. The minimum atomic E-state index is 0.186. The van der Waals surface area contributed by atoms with Crippen LogP contribution in [-0.4, -0.2) is 6.10 Å². The molecule has 1 aliphatic rings. The van der Waals surface area contributed by atoms with E-state index in [1.165, 1.54) is 27.8 Å². The SMILES string of the molecule is Cc1c(C)c(C)c2c(c1C)OC(C)C(C)(C)C2C. The predicted molar refractivity (Wildman–Crippen MR) is 77.7 cm³/mol. The second-order valence-corrected chi connectivity index (χ2v) is 6.55. The van der Waals surface area contributed by atoms with Gasteiger partial charge < -0.3 is 4.74 Å². The van der Waals surface area contributed by atoms with Crippen LogP contribution in [0.5, 0.6) is 5.75 Å². The molecule has 1 heteroatoms. The van der Waals surface area contributed by atoms with Crippen LogP contribution in [0.3, 0.4) is 0 Å². The van der Waals surface area contributed by atoms with Gasteiger partial charge in [-0.3, -0.25) is 0 Å². The molecule has 0 N–H and O–H groups in total. The molecule has 0 fully saturated rings. The van der Waals surface area contributed by atoms with Gasteiger partial charge in [0.15, 0.2) is 0 Å². The molecule has 0 saturated carbocycles. The summed E-state index contributed by atoms with van der Waals surface area (Å²) in [5.74, 6) is 1.68. The molecule has 2 rings (SSSR count). The van der Waals surface area contributed by atoms with Gasteiger partial charge in [0.05, 0.1) is 0 Å². The van der Waals surface area contributed by atoms with E-state index in [-0.39, 0.29) is 11.5 Å². The number of hydrogen-bond donors (Lipinski definition) is 0. The van der Waals surface area contributed by atoms with Crippen LogP contribution in [0, 0.1) is 33.1 Å². The lowest BCUT2D eigenvalue weighted by Gasteiger charge is -2.45. The molecule has 0 spiro atoms. The molecule has 0 saturated heterocycles. The van der Waals surface area contributed by atoms with E-state index >= 15 is 0 Å². The van der Waals surface area contributed by atoms with E-state index in [1.54, 1.807) is 0 Å². The minimum absolute atomic E-state index is 0.186. The molecule has 1 aliphatic heterocycles. The van der Waals surface area contributed by atoms with E-state index in [0.717, 1.165) is 5.75 Å². The fourth-order valence-electron chi connectivity index (χ4n) is 3.03. The minimum Gasteiger partial charge on any atom is -0.490 e. The Bertz CT molecular complexity index is 497. The summed E-state index contributed by atoms with van der Waals surface area (Å²) in [6, 6.07) is 0. The first-order valence-corrected chi connectivity index (χ1v) is 6.96. The first kappa shape index (κ1) is 13.5. The maximum absolute atomic E-state index is 6.26. The van der Waals surface area contributed by atoms with Crippen LogP contribution in [0.15, 0.2) is 0 Å². The van der Waals surface area contributed by atoms with Crippen molar-refractivity contribution in [3.63, 3.8) is 0 Å². The maximum Gasteiger partial charge on any atom is 0.126 e. The summed E-state index contributed by atoms with van der Waals surface area (Å²) >= 11 is 0. The second-order valence-electron chi connectivity index (χ2n) is 6.55. The molecule has 0 aliphatic carbocycles. The average Bonchev–Trinajstić information content (AvgIpc) is 2.31. The highest BCUT2D eigenvalue weighted by molar-refractivity contribution is 5.57. The number of benzene rings is 1. The highest BCUT2D eigenvalue weighted by Gasteiger charge is 2.41. The van der Waals surface area contributed by atoms with Crippen molar-refractivity contribution in [3.8, 4) is 5.75 Å². The van der Waals surface area contributed by atoms with Gasteiger partial charge in [-0.15, -0.1) is 0 Å². The normalized spacial score (nSPS) is 25.6. The molecule has 1 heterocycles. The molecule has 100 valence electrons. The van der Waals surface area contributed by atoms with Gasteiger partial charge in [0.1, 0.15) is 11.9 Å². The van der Waals surface area contributed by atoms with Crippen LogP contribution in [-0.2, 0) is 0 Å². The summed E-state index contributed by atoms with van der Waals surface area (Å²) in [6.07, 6.45) is 0.264. The van der Waals surface area contributed by atoms with Crippen LogP contribution in [0.25, 0.3) is 0 Å². The van der Waals surface area contributed by atoms with Crippen molar-refractivity contribution in [1.29, 1.82) is 0 Å².